The smallest absolute Gasteiger partial charge is 0.168 e. The molecule has 0 radical (unpaired) electrons. The van der Waals surface area contributed by atoms with E-state index in [-0.39, 0.29) is 17.1 Å². The number of hydrogen-bond donors (Lipinski definition) is 2. The standard InChI is InChI=1S/C14H20O3S/c1-9(2)4-5-18-8-11-6-10(3)13(16)14(17)12(11)7-15/h6-7,9,16-17H,4-5,8H2,1-3H3. The lowest BCUT2D eigenvalue weighted by atomic mass is 10.0. The van der Waals surface area contributed by atoms with E-state index in [0.717, 1.165) is 17.7 Å². The number of carbonyl (C=O) groups excluding carboxylic acids is 1. The molecule has 18 heavy (non-hydrogen) atoms. The third-order valence-corrected chi connectivity index (χ3v) is 3.84. The van der Waals surface area contributed by atoms with Crippen LogP contribution in [-0.4, -0.2) is 22.3 Å². The number of phenols is 2. The zero-order chi connectivity index (χ0) is 13.7. The first-order chi connectivity index (χ1) is 8.47. The summed E-state index contributed by atoms with van der Waals surface area (Å²) in [5, 5.41) is 19.3. The van der Waals surface area contributed by atoms with E-state index >= 15 is 0 Å². The summed E-state index contributed by atoms with van der Waals surface area (Å²) in [6.45, 7) is 6.06. The molecule has 1 aromatic rings. The Morgan fingerprint density at radius 3 is 2.56 bits per heavy atom. The summed E-state index contributed by atoms with van der Waals surface area (Å²) < 4.78 is 0. The summed E-state index contributed by atoms with van der Waals surface area (Å²) in [6.07, 6.45) is 1.73. The van der Waals surface area contributed by atoms with Gasteiger partial charge in [0, 0.05) is 5.75 Å². The van der Waals surface area contributed by atoms with Gasteiger partial charge in [-0.15, -0.1) is 0 Å². The number of rotatable bonds is 6. The molecule has 0 aliphatic rings. The minimum atomic E-state index is -0.301. The highest BCUT2D eigenvalue weighted by atomic mass is 32.2. The van der Waals surface area contributed by atoms with Crippen LogP contribution >= 0.6 is 11.8 Å². The maximum Gasteiger partial charge on any atom is 0.168 e. The number of aryl methyl sites for hydroxylation is 1. The van der Waals surface area contributed by atoms with Crippen molar-refractivity contribution in [1.82, 2.24) is 0 Å². The van der Waals surface area contributed by atoms with E-state index in [2.05, 4.69) is 13.8 Å². The lowest BCUT2D eigenvalue weighted by Gasteiger charge is -2.11. The van der Waals surface area contributed by atoms with Crippen LogP contribution in [0.3, 0.4) is 0 Å². The molecule has 0 bridgehead atoms. The molecule has 0 fully saturated rings. The molecule has 0 aliphatic heterocycles. The summed E-state index contributed by atoms with van der Waals surface area (Å²) in [6, 6.07) is 1.77. The molecule has 1 rings (SSSR count). The molecule has 0 aliphatic carbocycles. The topological polar surface area (TPSA) is 57.5 Å². The largest absolute Gasteiger partial charge is 0.504 e. The van der Waals surface area contributed by atoms with Crippen LogP contribution in [0.15, 0.2) is 6.07 Å². The average molecular weight is 268 g/mol. The second-order valence-electron chi connectivity index (χ2n) is 4.82. The van der Waals surface area contributed by atoms with Crippen molar-refractivity contribution in [3.63, 3.8) is 0 Å². The van der Waals surface area contributed by atoms with Crippen molar-refractivity contribution in [1.29, 1.82) is 0 Å². The van der Waals surface area contributed by atoms with Crippen LogP contribution in [-0.2, 0) is 5.75 Å². The first-order valence-electron chi connectivity index (χ1n) is 6.04. The van der Waals surface area contributed by atoms with Gasteiger partial charge in [-0.05, 0) is 36.1 Å². The maximum atomic E-state index is 11.0. The predicted molar refractivity (Wildman–Crippen MR) is 75.5 cm³/mol. The minimum absolute atomic E-state index is 0.201. The van der Waals surface area contributed by atoms with E-state index in [1.165, 1.54) is 0 Å². The Bertz CT molecular complexity index is 428. The summed E-state index contributed by atoms with van der Waals surface area (Å²) in [5.74, 6) is 1.86. The Morgan fingerprint density at radius 1 is 1.33 bits per heavy atom. The Hall–Kier alpha value is -1.16. The monoisotopic (exact) mass is 268 g/mol. The van der Waals surface area contributed by atoms with Gasteiger partial charge in [-0.2, -0.15) is 11.8 Å². The highest BCUT2D eigenvalue weighted by Gasteiger charge is 2.14. The van der Waals surface area contributed by atoms with Crippen molar-refractivity contribution in [2.75, 3.05) is 5.75 Å². The molecule has 0 spiro atoms. The van der Waals surface area contributed by atoms with Crippen molar-refractivity contribution in [2.24, 2.45) is 5.92 Å². The molecule has 1 aromatic carbocycles. The number of hydrogen-bond acceptors (Lipinski definition) is 4. The molecule has 0 amide bonds. The van der Waals surface area contributed by atoms with E-state index in [1.54, 1.807) is 24.8 Å². The fraction of sp³-hybridized carbons (Fsp3) is 0.500. The fourth-order valence-electron chi connectivity index (χ4n) is 1.63. The van der Waals surface area contributed by atoms with Crippen molar-refractivity contribution in [3.05, 3.63) is 22.8 Å². The molecule has 0 atom stereocenters. The zero-order valence-electron chi connectivity index (χ0n) is 11.1. The van der Waals surface area contributed by atoms with Crippen LogP contribution in [0.1, 0.15) is 41.8 Å². The lowest BCUT2D eigenvalue weighted by molar-refractivity contribution is 0.111. The summed E-state index contributed by atoms with van der Waals surface area (Å²) in [5.41, 5.74) is 1.58. The number of aromatic hydroxyl groups is 2. The fourth-order valence-corrected chi connectivity index (χ4v) is 2.87. The average Bonchev–Trinajstić information content (AvgIpc) is 2.32. The van der Waals surface area contributed by atoms with E-state index in [4.69, 9.17) is 0 Å². The van der Waals surface area contributed by atoms with Crippen LogP contribution < -0.4 is 0 Å². The number of carbonyl (C=O) groups is 1. The highest BCUT2D eigenvalue weighted by molar-refractivity contribution is 7.98. The van der Waals surface area contributed by atoms with Gasteiger partial charge in [0.15, 0.2) is 17.8 Å². The van der Waals surface area contributed by atoms with Gasteiger partial charge in [0.05, 0.1) is 5.56 Å². The van der Waals surface area contributed by atoms with Gasteiger partial charge < -0.3 is 10.2 Å². The van der Waals surface area contributed by atoms with E-state index in [0.29, 0.717) is 23.5 Å². The van der Waals surface area contributed by atoms with Crippen molar-refractivity contribution in [3.8, 4) is 11.5 Å². The van der Waals surface area contributed by atoms with Crippen molar-refractivity contribution in [2.45, 2.75) is 32.9 Å². The van der Waals surface area contributed by atoms with Gasteiger partial charge in [0.2, 0.25) is 0 Å². The van der Waals surface area contributed by atoms with E-state index < -0.39 is 0 Å². The van der Waals surface area contributed by atoms with Crippen molar-refractivity contribution >= 4 is 18.0 Å². The minimum Gasteiger partial charge on any atom is -0.504 e. The molecular weight excluding hydrogens is 248 g/mol. The van der Waals surface area contributed by atoms with E-state index in [1.807, 2.05) is 0 Å². The van der Waals surface area contributed by atoms with Crippen LogP contribution in [0.2, 0.25) is 0 Å². The van der Waals surface area contributed by atoms with Crippen LogP contribution in [0.25, 0.3) is 0 Å². The normalized spacial score (nSPS) is 10.9. The molecule has 0 aromatic heterocycles. The lowest BCUT2D eigenvalue weighted by Crippen LogP contribution is -1.96. The zero-order valence-corrected chi connectivity index (χ0v) is 11.9. The number of phenolic OH excluding ortho intramolecular Hbond substituents is 2. The molecule has 0 saturated carbocycles. The summed E-state index contributed by atoms with van der Waals surface area (Å²) in [7, 11) is 0. The Labute approximate surface area is 112 Å². The van der Waals surface area contributed by atoms with Gasteiger partial charge in [0.25, 0.3) is 0 Å². The Balaban J connectivity index is 2.79. The van der Waals surface area contributed by atoms with Crippen LogP contribution in [0.4, 0.5) is 0 Å². The highest BCUT2D eigenvalue weighted by Crippen LogP contribution is 2.35. The Morgan fingerprint density at radius 2 is 2.00 bits per heavy atom. The van der Waals surface area contributed by atoms with Gasteiger partial charge in [0.1, 0.15) is 0 Å². The van der Waals surface area contributed by atoms with Gasteiger partial charge in [-0.3, -0.25) is 4.79 Å². The van der Waals surface area contributed by atoms with Gasteiger partial charge in [-0.25, -0.2) is 0 Å². The molecule has 0 unspecified atom stereocenters. The summed E-state index contributed by atoms with van der Waals surface area (Å²) in [4.78, 5) is 11.0. The first-order valence-corrected chi connectivity index (χ1v) is 7.20. The molecule has 100 valence electrons. The second-order valence-corrected chi connectivity index (χ2v) is 5.92. The second kappa shape index (κ2) is 6.69. The van der Waals surface area contributed by atoms with E-state index in [9.17, 15) is 15.0 Å². The van der Waals surface area contributed by atoms with Gasteiger partial charge in [-0.1, -0.05) is 19.9 Å². The maximum absolute atomic E-state index is 11.0. The van der Waals surface area contributed by atoms with Crippen LogP contribution in [0.5, 0.6) is 11.5 Å². The quantitative estimate of drug-likeness (QED) is 0.471. The SMILES string of the molecule is Cc1cc(CSCCC(C)C)c(C=O)c(O)c1O. The predicted octanol–water partition coefficient (Wildman–Crippen LogP) is 3.50. The molecule has 2 N–H and O–H groups in total. The molecule has 4 heteroatoms. The molecule has 0 saturated heterocycles. The third kappa shape index (κ3) is 3.67. The molecule has 0 heterocycles. The molecule has 3 nitrogen and oxygen atoms in total. The Kier molecular flexibility index (Phi) is 5.54. The number of aldehydes is 1. The molecular formula is C14H20O3S. The number of thioether (sulfide) groups is 1. The van der Waals surface area contributed by atoms with Crippen LogP contribution in [0, 0.1) is 12.8 Å². The third-order valence-electron chi connectivity index (χ3n) is 2.80. The van der Waals surface area contributed by atoms with Gasteiger partial charge >= 0.3 is 0 Å². The first kappa shape index (κ1) is 14.9. The number of benzene rings is 1. The summed E-state index contributed by atoms with van der Waals surface area (Å²) >= 11 is 1.74. The van der Waals surface area contributed by atoms with Crippen molar-refractivity contribution < 1.29 is 15.0 Å².